The van der Waals surface area contributed by atoms with Crippen LogP contribution in [0.1, 0.15) is 5.56 Å². The number of halogens is 1. The summed E-state index contributed by atoms with van der Waals surface area (Å²) in [5.41, 5.74) is 1.85. The van der Waals surface area contributed by atoms with Crippen molar-refractivity contribution in [3.63, 3.8) is 0 Å². The number of para-hydroxylation sites is 1. The quantitative estimate of drug-likeness (QED) is 0.569. The molecule has 0 saturated heterocycles. The minimum atomic E-state index is -0.325. The third-order valence-corrected chi connectivity index (χ3v) is 3.65. The van der Waals surface area contributed by atoms with Crippen LogP contribution in [0, 0.1) is 5.82 Å². The van der Waals surface area contributed by atoms with Crippen LogP contribution in [0.5, 0.6) is 0 Å². The molecule has 0 spiro atoms. The molecule has 0 aliphatic carbocycles. The normalized spacial score (nSPS) is 11.3. The van der Waals surface area contributed by atoms with Crippen LogP contribution in [0.25, 0.3) is 16.6 Å². The summed E-state index contributed by atoms with van der Waals surface area (Å²) >= 11 is 0. The van der Waals surface area contributed by atoms with Crippen LogP contribution in [-0.2, 0) is 6.54 Å². The highest BCUT2D eigenvalue weighted by Gasteiger charge is 2.12. The monoisotopic (exact) mass is 294 g/mol. The highest BCUT2D eigenvalue weighted by Crippen LogP contribution is 2.13. The van der Waals surface area contributed by atoms with E-state index in [1.807, 2.05) is 12.1 Å². The van der Waals surface area contributed by atoms with E-state index in [1.165, 1.54) is 18.3 Å². The molecule has 2 aromatic carbocycles. The van der Waals surface area contributed by atoms with Gasteiger partial charge in [0, 0.05) is 0 Å². The molecule has 6 heteroatoms. The fourth-order valence-corrected chi connectivity index (χ4v) is 2.64. The van der Waals surface area contributed by atoms with Gasteiger partial charge in [0.2, 0.25) is 0 Å². The van der Waals surface area contributed by atoms with Gasteiger partial charge in [-0.05, 0) is 29.8 Å². The topological polar surface area (TPSA) is 52.2 Å². The Hall–Kier alpha value is -3.02. The van der Waals surface area contributed by atoms with Crippen molar-refractivity contribution in [3.05, 3.63) is 76.5 Å². The number of fused-ring (bicyclic) bond motifs is 3. The highest BCUT2D eigenvalue weighted by atomic mass is 19.1. The van der Waals surface area contributed by atoms with Crippen molar-refractivity contribution in [2.24, 2.45) is 0 Å². The molecule has 2 aromatic heterocycles. The van der Waals surface area contributed by atoms with E-state index in [1.54, 1.807) is 33.3 Å². The van der Waals surface area contributed by atoms with E-state index in [0.717, 1.165) is 0 Å². The summed E-state index contributed by atoms with van der Waals surface area (Å²) < 4.78 is 16.5. The zero-order chi connectivity index (χ0) is 15.1. The van der Waals surface area contributed by atoms with E-state index in [0.29, 0.717) is 22.1 Å². The van der Waals surface area contributed by atoms with Gasteiger partial charge in [0.05, 0.1) is 23.6 Å². The Bertz CT molecular complexity index is 1050. The first-order valence-corrected chi connectivity index (χ1v) is 6.80. The lowest BCUT2D eigenvalue weighted by atomic mass is 10.2. The van der Waals surface area contributed by atoms with Crippen molar-refractivity contribution in [1.29, 1.82) is 0 Å². The molecule has 0 atom stereocenters. The molecule has 108 valence electrons. The van der Waals surface area contributed by atoms with Gasteiger partial charge in [0.15, 0.2) is 5.65 Å². The number of benzene rings is 2. The molecule has 0 bridgehead atoms. The van der Waals surface area contributed by atoms with Gasteiger partial charge in [-0.15, -0.1) is 5.10 Å². The predicted octanol–water partition coefficient (Wildman–Crippen LogP) is 2.23. The maximum absolute atomic E-state index is 13.4. The first-order chi connectivity index (χ1) is 10.7. The molecular formula is C16H11FN4O. The number of hydrogen-bond donors (Lipinski definition) is 0. The van der Waals surface area contributed by atoms with E-state index in [4.69, 9.17) is 0 Å². The number of aromatic nitrogens is 4. The lowest BCUT2D eigenvalue weighted by molar-refractivity contribution is 0.623. The van der Waals surface area contributed by atoms with Crippen LogP contribution in [0.3, 0.4) is 0 Å². The standard InChI is InChI=1S/C16H11FN4O/c17-12-5-3-4-11(8-12)10-20-15-9-18-19-21(15)14-7-2-1-6-13(14)16(20)22/h1-9H,10H2. The van der Waals surface area contributed by atoms with Crippen molar-refractivity contribution < 1.29 is 4.39 Å². The number of rotatable bonds is 2. The predicted molar refractivity (Wildman–Crippen MR) is 80.3 cm³/mol. The molecule has 0 aliphatic rings. The van der Waals surface area contributed by atoms with Crippen LogP contribution >= 0.6 is 0 Å². The Morgan fingerprint density at radius 1 is 1.09 bits per heavy atom. The third-order valence-electron chi connectivity index (χ3n) is 3.65. The summed E-state index contributed by atoms with van der Waals surface area (Å²) in [4.78, 5) is 12.7. The molecule has 0 fully saturated rings. The summed E-state index contributed by atoms with van der Waals surface area (Å²) in [5.74, 6) is -0.325. The van der Waals surface area contributed by atoms with E-state index >= 15 is 0 Å². The molecule has 0 N–H and O–H groups in total. The van der Waals surface area contributed by atoms with E-state index in [-0.39, 0.29) is 17.9 Å². The maximum Gasteiger partial charge on any atom is 0.261 e. The van der Waals surface area contributed by atoms with Gasteiger partial charge in [0.1, 0.15) is 5.82 Å². The Morgan fingerprint density at radius 2 is 1.95 bits per heavy atom. The minimum Gasteiger partial charge on any atom is -0.287 e. The van der Waals surface area contributed by atoms with Crippen molar-refractivity contribution in [3.8, 4) is 0 Å². The Balaban J connectivity index is 2.01. The van der Waals surface area contributed by atoms with Gasteiger partial charge in [-0.3, -0.25) is 9.36 Å². The molecule has 22 heavy (non-hydrogen) atoms. The second-order valence-electron chi connectivity index (χ2n) is 5.04. The van der Waals surface area contributed by atoms with Gasteiger partial charge in [-0.2, -0.15) is 4.52 Å². The fraction of sp³-hybridized carbons (Fsp3) is 0.0625. The van der Waals surface area contributed by atoms with Crippen molar-refractivity contribution >= 4 is 16.6 Å². The van der Waals surface area contributed by atoms with E-state index in [9.17, 15) is 9.18 Å². The number of nitrogens with zero attached hydrogens (tertiary/aromatic N) is 4. The average molecular weight is 294 g/mol. The first-order valence-electron chi connectivity index (χ1n) is 6.80. The van der Waals surface area contributed by atoms with Gasteiger partial charge in [-0.25, -0.2) is 4.39 Å². The fourth-order valence-electron chi connectivity index (χ4n) is 2.64. The highest BCUT2D eigenvalue weighted by molar-refractivity contribution is 5.80. The average Bonchev–Trinajstić information content (AvgIpc) is 3.01. The second kappa shape index (κ2) is 4.77. The smallest absolute Gasteiger partial charge is 0.261 e. The summed E-state index contributed by atoms with van der Waals surface area (Å²) in [5, 5.41) is 8.48. The molecular weight excluding hydrogens is 283 g/mol. The zero-order valence-electron chi connectivity index (χ0n) is 11.5. The SMILES string of the molecule is O=c1c2ccccc2n2nncc2n1Cc1cccc(F)c1. The molecule has 0 amide bonds. The second-order valence-corrected chi connectivity index (χ2v) is 5.04. The Morgan fingerprint density at radius 3 is 2.82 bits per heavy atom. The van der Waals surface area contributed by atoms with Crippen molar-refractivity contribution in [2.75, 3.05) is 0 Å². The molecule has 4 rings (SSSR count). The third kappa shape index (κ3) is 1.88. The largest absolute Gasteiger partial charge is 0.287 e. The first kappa shape index (κ1) is 12.7. The molecule has 4 aromatic rings. The molecule has 2 heterocycles. The maximum atomic E-state index is 13.4. The van der Waals surface area contributed by atoms with Gasteiger partial charge in [-0.1, -0.05) is 29.5 Å². The summed E-state index contributed by atoms with van der Waals surface area (Å²) in [6, 6.07) is 13.4. The van der Waals surface area contributed by atoms with Crippen molar-refractivity contribution in [1.82, 2.24) is 19.4 Å². The minimum absolute atomic E-state index is 0.144. The molecule has 0 unspecified atom stereocenters. The van der Waals surface area contributed by atoms with E-state index < -0.39 is 0 Å². The number of hydrogen-bond acceptors (Lipinski definition) is 3. The lowest BCUT2D eigenvalue weighted by Gasteiger charge is -2.10. The zero-order valence-corrected chi connectivity index (χ0v) is 11.5. The summed E-state index contributed by atoms with van der Waals surface area (Å²) in [7, 11) is 0. The Labute approximate surface area is 124 Å². The van der Waals surface area contributed by atoms with Crippen LogP contribution in [0.4, 0.5) is 4.39 Å². The molecule has 0 aliphatic heterocycles. The van der Waals surface area contributed by atoms with Crippen LogP contribution in [0.2, 0.25) is 0 Å². The summed E-state index contributed by atoms with van der Waals surface area (Å²) in [6.45, 7) is 0.262. The molecule has 0 saturated carbocycles. The van der Waals surface area contributed by atoms with Gasteiger partial charge < -0.3 is 0 Å². The van der Waals surface area contributed by atoms with Crippen molar-refractivity contribution in [2.45, 2.75) is 6.54 Å². The van der Waals surface area contributed by atoms with Gasteiger partial charge in [0.25, 0.3) is 5.56 Å². The van der Waals surface area contributed by atoms with Crippen LogP contribution < -0.4 is 5.56 Å². The molecule has 5 nitrogen and oxygen atoms in total. The van der Waals surface area contributed by atoms with Crippen LogP contribution in [0.15, 0.2) is 59.5 Å². The Kier molecular flexibility index (Phi) is 2.75. The van der Waals surface area contributed by atoms with Crippen LogP contribution in [-0.4, -0.2) is 19.4 Å². The van der Waals surface area contributed by atoms with Gasteiger partial charge >= 0.3 is 0 Å². The lowest BCUT2D eigenvalue weighted by Crippen LogP contribution is -2.23. The summed E-state index contributed by atoms with van der Waals surface area (Å²) in [6.07, 6.45) is 1.53. The van der Waals surface area contributed by atoms with E-state index in [2.05, 4.69) is 10.3 Å². The molecule has 0 radical (unpaired) electrons.